The van der Waals surface area contributed by atoms with Crippen molar-refractivity contribution in [3.05, 3.63) is 81.7 Å². The Hall–Kier alpha value is -4.37. The minimum Gasteiger partial charge on any atom is -0.497 e. The normalized spacial score (nSPS) is 16.4. The van der Waals surface area contributed by atoms with Crippen molar-refractivity contribution in [2.75, 3.05) is 38.6 Å². The summed E-state index contributed by atoms with van der Waals surface area (Å²) >= 11 is 0. The second kappa shape index (κ2) is 12.0. The molecule has 214 valence electrons. The number of aromatic nitrogens is 1. The lowest BCUT2D eigenvalue weighted by Gasteiger charge is -2.15. The van der Waals surface area contributed by atoms with Crippen molar-refractivity contribution in [3.8, 4) is 5.75 Å². The molecule has 0 radical (unpaired) electrons. The fourth-order valence-electron chi connectivity index (χ4n) is 5.56. The molecule has 9 nitrogen and oxygen atoms in total. The maximum atomic E-state index is 13.0. The van der Waals surface area contributed by atoms with Gasteiger partial charge in [0.15, 0.2) is 0 Å². The third-order valence-electron chi connectivity index (χ3n) is 7.93. The van der Waals surface area contributed by atoms with Crippen LogP contribution in [0.5, 0.6) is 5.75 Å². The molecule has 2 aromatic carbocycles. The molecule has 1 saturated heterocycles. The standard InChI is InChI=1S/C32H37N5O4/c1-19-27(34-21(3)29(19)32(40)33-13-16-37-14-5-6-15-37)18-26-25-12-9-23(17-28(25)36-31(26)39)30(38)35-20(2)22-7-10-24(41-4)11-8-22/h7-12,17-18,20,34H,5-6,13-16H2,1-4H3,(H,33,40)(H,35,38)(H,36,39). The first-order valence-electron chi connectivity index (χ1n) is 14.1. The number of benzene rings is 2. The molecule has 1 fully saturated rings. The third kappa shape index (κ3) is 6.05. The molecule has 0 spiro atoms. The fraction of sp³-hybridized carbons (Fsp3) is 0.344. The molecule has 3 aromatic rings. The second-order valence-corrected chi connectivity index (χ2v) is 10.7. The SMILES string of the molecule is COc1ccc(C(C)NC(=O)c2ccc3c(c2)NC(=O)C3=Cc2[nH]c(C)c(C(=O)NCCN3CCCC3)c2C)cc1. The highest BCUT2D eigenvalue weighted by Crippen LogP contribution is 2.35. The molecule has 3 amide bonds. The number of anilines is 1. The van der Waals surface area contributed by atoms with E-state index in [9.17, 15) is 14.4 Å². The van der Waals surface area contributed by atoms with Crippen LogP contribution in [0.2, 0.25) is 0 Å². The summed E-state index contributed by atoms with van der Waals surface area (Å²) in [5.74, 6) is 0.143. The Bertz CT molecular complexity index is 1500. The van der Waals surface area contributed by atoms with Crippen LogP contribution in [-0.2, 0) is 4.79 Å². The van der Waals surface area contributed by atoms with E-state index >= 15 is 0 Å². The zero-order chi connectivity index (χ0) is 29.1. The minimum atomic E-state index is -0.257. The Kier molecular flexibility index (Phi) is 8.26. The highest BCUT2D eigenvalue weighted by Gasteiger charge is 2.27. The van der Waals surface area contributed by atoms with Gasteiger partial charge < -0.3 is 30.6 Å². The molecule has 3 heterocycles. The van der Waals surface area contributed by atoms with Gasteiger partial charge in [-0.3, -0.25) is 14.4 Å². The zero-order valence-corrected chi connectivity index (χ0v) is 24.0. The van der Waals surface area contributed by atoms with Gasteiger partial charge in [-0.05, 0) is 88.2 Å². The van der Waals surface area contributed by atoms with E-state index < -0.39 is 0 Å². The van der Waals surface area contributed by atoms with E-state index in [2.05, 4.69) is 25.8 Å². The number of likely N-dealkylation sites (tertiary alicyclic amines) is 1. The van der Waals surface area contributed by atoms with Gasteiger partial charge in [0, 0.05) is 41.3 Å². The number of rotatable bonds is 9. The molecule has 9 heteroatoms. The van der Waals surface area contributed by atoms with Crippen molar-refractivity contribution in [1.29, 1.82) is 0 Å². The van der Waals surface area contributed by atoms with E-state index in [-0.39, 0.29) is 23.8 Å². The van der Waals surface area contributed by atoms with Gasteiger partial charge in [-0.15, -0.1) is 0 Å². The first kappa shape index (κ1) is 28.2. The van der Waals surface area contributed by atoms with Gasteiger partial charge in [0.25, 0.3) is 17.7 Å². The molecule has 1 atom stereocenters. The molecule has 41 heavy (non-hydrogen) atoms. The summed E-state index contributed by atoms with van der Waals surface area (Å²) < 4.78 is 5.20. The number of nitrogens with one attached hydrogen (secondary N) is 4. The average Bonchev–Trinajstić information content (AvgIpc) is 3.66. The Morgan fingerprint density at radius 3 is 2.51 bits per heavy atom. The summed E-state index contributed by atoms with van der Waals surface area (Å²) in [6, 6.07) is 12.5. The van der Waals surface area contributed by atoms with Crippen molar-refractivity contribution < 1.29 is 19.1 Å². The number of carbonyl (C=O) groups is 3. The maximum Gasteiger partial charge on any atom is 0.256 e. The molecule has 1 aromatic heterocycles. The van der Waals surface area contributed by atoms with Gasteiger partial charge in [0.2, 0.25) is 0 Å². The van der Waals surface area contributed by atoms with Gasteiger partial charge in [0.05, 0.1) is 24.3 Å². The lowest BCUT2D eigenvalue weighted by Crippen LogP contribution is -2.33. The van der Waals surface area contributed by atoms with Crippen LogP contribution in [-0.4, -0.2) is 60.9 Å². The molecule has 4 N–H and O–H groups in total. The largest absolute Gasteiger partial charge is 0.497 e. The number of amides is 3. The smallest absolute Gasteiger partial charge is 0.256 e. The molecule has 0 bridgehead atoms. The number of H-pyrrole nitrogens is 1. The van der Waals surface area contributed by atoms with E-state index in [0.717, 1.165) is 42.2 Å². The summed E-state index contributed by atoms with van der Waals surface area (Å²) in [5, 5.41) is 8.93. The predicted molar refractivity (Wildman–Crippen MR) is 160 cm³/mol. The van der Waals surface area contributed by atoms with Crippen molar-refractivity contribution in [2.45, 2.75) is 39.7 Å². The van der Waals surface area contributed by atoms with Crippen molar-refractivity contribution in [3.63, 3.8) is 0 Å². The number of hydrogen-bond donors (Lipinski definition) is 4. The molecule has 2 aliphatic rings. The number of ether oxygens (including phenoxy) is 1. The van der Waals surface area contributed by atoms with E-state index in [0.29, 0.717) is 40.2 Å². The zero-order valence-electron chi connectivity index (χ0n) is 24.0. The number of aryl methyl sites for hydroxylation is 1. The van der Waals surface area contributed by atoms with Crippen molar-refractivity contribution in [2.24, 2.45) is 0 Å². The Morgan fingerprint density at radius 1 is 1.07 bits per heavy atom. The van der Waals surface area contributed by atoms with Crippen molar-refractivity contribution in [1.82, 2.24) is 20.5 Å². The molecular weight excluding hydrogens is 518 g/mol. The van der Waals surface area contributed by atoms with E-state index in [4.69, 9.17) is 4.74 Å². The van der Waals surface area contributed by atoms with Crippen LogP contribution in [0.4, 0.5) is 5.69 Å². The van der Waals surface area contributed by atoms with E-state index in [1.165, 1.54) is 12.8 Å². The number of fused-ring (bicyclic) bond motifs is 1. The van der Waals surface area contributed by atoms with Crippen LogP contribution in [0.1, 0.15) is 74.6 Å². The Morgan fingerprint density at radius 2 is 1.80 bits per heavy atom. The van der Waals surface area contributed by atoms with E-state index in [1.54, 1.807) is 31.4 Å². The van der Waals surface area contributed by atoms with Gasteiger partial charge in [0.1, 0.15) is 5.75 Å². The molecule has 1 unspecified atom stereocenters. The highest BCUT2D eigenvalue weighted by molar-refractivity contribution is 6.35. The number of methoxy groups -OCH3 is 1. The first-order chi connectivity index (χ1) is 19.7. The summed E-state index contributed by atoms with van der Waals surface area (Å²) in [4.78, 5) is 44.6. The van der Waals surface area contributed by atoms with Crippen LogP contribution >= 0.6 is 0 Å². The molecule has 5 rings (SSSR count). The summed E-state index contributed by atoms with van der Waals surface area (Å²) in [7, 11) is 1.61. The van der Waals surface area contributed by atoms with Gasteiger partial charge in [-0.1, -0.05) is 18.2 Å². The average molecular weight is 556 g/mol. The highest BCUT2D eigenvalue weighted by atomic mass is 16.5. The summed E-state index contributed by atoms with van der Waals surface area (Å²) in [5.41, 5.74) is 6.02. The lowest BCUT2D eigenvalue weighted by atomic mass is 10.0. The Balaban J connectivity index is 1.29. The number of hydrogen-bond acceptors (Lipinski definition) is 5. The summed E-state index contributed by atoms with van der Waals surface area (Å²) in [6.07, 6.45) is 4.21. The monoisotopic (exact) mass is 555 g/mol. The Labute approximate surface area is 240 Å². The molecule has 2 aliphatic heterocycles. The second-order valence-electron chi connectivity index (χ2n) is 10.7. The van der Waals surface area contributed by atoms with Gasteiger partial charge in [-0.25, -0.2) is 0 Å². The van der Waals surface area contributed by atoms with Crippen LogP contribution < -0.4 is 20.7 Å². The van der Waals surface area contributed by atoms with Crippen LogP contribution in [0.15, 0.2) is 42.5 Å². The maximum absolute atomic E-state index is 13.0. The molecular formula is C32H37N5O4. The number of aromatic amines is 1. The topological polar surface area (TPSA) is 116 Å². The number of carbonyl (C=O) groups excluding carboxylic acids is 3. The van der Waals surface area contributed by atoms with Crippen LogP contribution in [0.25, 0.3) is 11.6 Å². The third-order valence-corrected chi connectivity index (χ3v) is 7.93. The van der Waals surface area contributed by atoms with Gasteiger partial charge >= 0.3 is 0 Å². The lowest BCUT2D eigenvalue weighted by molar-refractivity contribution is -0.110. The van der Waals surface area contributed by atoms with Crippen LogP contribution in [0, 0.1) is 13.8 Å². The predicted octanol–water partition coefficient (Wildman–Crippen LogP) is 4.45. The van der Waals surface area contributed by atoms with Gasteiger partial charge in [-0.2, -0.15) is 0 Å². The molecule has 0 saturated carbocycles. The fourth-order valence-corrected chi connectivity index (χ4v) is 5.56. The summed E-state index contributed by atoms with van der Waals surface area (Å²) in [6.45, 7) is 9.30. The number of nitrogens with zero attached hydrogens (tertiary/aromatic N) is 1. The van der Waals surface area contributed by atoms with E-state index in [1.807, 2.05) is 45.0 Å². The molecule has 0 aliphatic carbocycles. The van der Waals surface area contributed by atoms with Crippen molar-refractivity contribution >= 4 is 35.1 Å². The minimum absolute atomic E-state index is 0.115. The van der Waals surface area contributed by atoms with Crippen LogP contribution in [0.3, 0.4) is 0 Å². The first-order valence-corrected chi connectivity index (χ1v) is 14.1. The quantitative estimate of drug-likeness (QED) is 0.291.